The third-order valence-corrected chi connectivity index (χ3v) is 4.78. The SMILES string of the molecule is CC(C)[C@H](N)C(=O)NCC(=O)NC(c1ccc2c(c1)OCCO2)C1CC1. The Bertz CT molecular complexity index is 673. The summed E-state index contributed by atoms with van der Waals surface area (Å²) in [4.78, 5) is 24.2. The largest absolute Gasteiger partial charge is 0.486 e. The second kappa shape index (κ2) is 7.95. The Kier molecular flexibility index (Phi) is 5.66. The second-order valence-corrected chi connectivity index (χ2v) is 7.27. The van der Waals surface area contributed by atoms with Crippen molar-refractivity contribution < 1.29 is 19.1 Å². The van der Waals surface area contributed by atoms with E-state index in [1.807, 2.05) is 32.0 Å². The fraction of sp³-hybridized carbons (Fsp3) is 0.579. The van der Waals surface area contributed by atoms with E-state index in [-0.39, 0.29) is 30.3 Å². The zero-order valence-corrected chi connectivity index (χ0v) is 15.3. The van der Waals surface area contributed by atoms with Crippen molar-refractivity contribution in [3.8, 4) is 11.5 Å². The number of nitrogens with one attached hydrogen (secondary N) is 2. The van der Waals surface area contributed by atoms with Crippen molar-refractivity contribution >= 4 is 11.8 Å². The molecule has 2 amide bonds. The Labute approximate surface area is 153 Å². The van der Waals surface area contributed by atoms with Gasteiger partial charge in [0.15, 0.2) is 11.5 Å². The molecule has 1 aliphatic heterocycles. The van der Waals surface area contributed by atoms with Crippen LogP contribution in [0.15, 0.2) is 18.2 Å². The summed E-state index contributed by atoms with van der Waals surface area (Å²) in [6, 6.07) is 5.08. The summed E-state index contributed by atoms with van der Waals surface area (Å²) in [5.41, 5.74) is 6.79. The molecule has 26 heavy (non-hydrogen) atoms. The van der Waals surface area contributed by atoms with Gasteiger partial charge in [-0.2, -0.15) is 0 Å². The van der Waals surface area contributed by atoms with Crippen LogP contribution in [0.2, 0.25) is 0 Å². The van der Waals surface area contributed by atoms with Gasteiger partial charge < -0.3 is 25.8 Å². The summed E-state index contributed by atoms with van der Waals surface area (Å²) in [6.07, 6.45) is 2.15. The summed E-state index contributed by atoms with van der Waals surface area (Å²) in [6.45, 7) is 4.74. The average molecular weight is 361 g/mol. The highest BCUT2D eigenvalue weighted by atomic mass is 16.6. The van der Waals surface area contributed by atoms with Crippen LogP contribution in [0.25, 0.3) is 0 Å². The molecular weight excluding hydrogens is 334 g/mol. The number of hydrogen-bond donors (Lipinski definition) is 3. The molecule has 1 aromatic rings. The molecule has 7 nitrogen and oxygen atoms in total. The van der Waals surface area contributed by atoms with Gasteiger partial charge in [0, 0.05) is 0 Å². The molecule has 0 bridgehead atoms. The van der Waals surface area contributed by atoms with E-state index in [1.54, 1.807) is 0 Å². The van der Waals surface area contributed by atoms with Crippen LogP contribution in [-0.2, 0) is 9.59 Å². The van der Waals surface area contributed by atoms with Crippen molar-refractivity contribution in [3.63, 3.8) is 0 Å². The first kappa shape index (κ1) is 18.5. The van der Waals surface area contributed by atoms with Crippen LogP contribution in [0.3, 0.4) is 0 Å². The van der Waals surface area contributed by atoms with Crippen LogP contribution >= 0.6 is 0 Å². The molecule has 1 unspecified atom stereocenters. The van der Waals surface area contributed by atoms with Crippen LogP contribution in [0.5, 0.6) is 11.5 Å². The molecule has 0 radical (unpaired) electrons. The molecule has 2 aliphatic rings. The van der Waals surface area contributed by atoms with Crippen LogP contribution < -0.4 is 25.8 Å². The fourth-order valence-electron chi connectivity index (χ4n) is 2.97. The molecular formula is C19H27N3O4. The lowest BCUT2D eigenvalue weighted by Crippen LogP contribution is -2.47. The Hall–Kier alpha value is -2.28. The first-order chi connectivity index (χ1) is 12.5. The van der Waals surface area contributed by atoms with Gasteiger partial charge in [0.1, 0.15) is 13.2 Å². The van der Waals surface area contributed by atoms with Gasteiger partial charge in [0.25, 0.3) is 0 Å². The highest BCUT2D eigenvalue weighted by Crippen LogP contribution is 2.43. The zero-order valence-electron chi connectivity index (χ0n) is 15.3. The number of nitrogens with two attached hydrogens (primary N) is 1. The molecule has 1 heterocycles. The van der Waals surface area contributed by atoms with Gasteiger partial charge in [0.05, 0.1) is 18.6 Å². The molecule has 142 valence electrons. The summed E-state index contributed by atoms with van der Waals surface area (Å²) in [7, 11) is 0. The van der Waals surface area contributed by atoms with Gasteiger partial charge in [-0.15, -0.1) is 0 Å². The number of carbonyl (C=O) groups excluding carboxylic acids is 2. The minimum absolute atomic E-state index is 0.0231. The topological polar surface area (TPSA) is 103 Å². The van der Waals surface area contributed by atoms with Gasteiger partial charge >= 0.3 is 0 Å². The fourth-order valence-corrected chi connectivity index (χ4v) is 2.97. The van der Waals surface area contributed by atoms with Gasteiger partial charge in [-0.05, 0) is 42.4 Å². The maximum Gasteiger partial charge on any atom is 0.239 e. The molecule has 0 aromatic heterocycles. The first-order valence-corrected chi connectivity index (χ1v) is 9.18. The maximum absolute atomic E-state index is 12.3. The number of benzene rings is 1. The van der Waals surface area contributed by atoms with E-state index in [9.17, 15) is 9.59 Å². The molecule has 1 saturated carbocycles. The number of ether oxygens (including phenoxy) is 2. The Morgan fingerprint density at radius 1 is 1.19 bits per heavy atom. The molecule has 3 rings (SSSR count). The molecule has 4 N–H and O–H groups in total. The van der Waals surface area contributed by atoms with Gasteiger partial charge in [-0.25, -0.2) is 0 Å². The minimum atomic E-state index is -0.611. The van der Waals surface area contributed by atoms with Crippen molar-refractivity contribution in [2.45, 2.75) is 38.8 Å². The van der Waals surface area contributed by atoms with Crippen molar-refractivity contribution in [2.24, 2.45) is 17.6 Å². The monoisotopic (exact) mass is 361 g/mol. The van der Waals surface area contributed by atoms with E-state index in [2.05, 4.69) is 10.6 Å². The number of amides is 2. The average Bonchev–Trinajstić information content (AvgIpc) is 3.48. The van der Waals surface area contributed by atoms with Crippen LogP contribution in [0.1, 0.15) is 38.3 Å². The van der Waals surface area contributed by atoms with E-state index in [0.29, 0.717) is 24.9 Å². The maximum atomic E-state index is 12.3. The van der Waals surface area contributed by atoms with E-state index in [4.69, 9.17) is 15.2 Å². The van der Waals surface area contributed by atoms with Gasteiger partial charge in [0.2, 0.25) is 11.8 Å². The van der Waals surface area contributed by atoms with Crippen molar-refractivity contribution in [2.75, 3.05) is 19.8 Å². The predicted molar refractivity (Wildman–Crippen MR) is 96.9 cm³/mol. The number of hydrogen-bond acceptors (Lipinski definition) is 5. The Morgan fingerprint density at radius 2 is 1.88 bits per heavy atom. The van der Waals surface area contributed by atoms with Crippen LogP contribution in [-0.4, -0.2) is 37.6 Å². The zero-order chi connectivity index (χ0) is 18.7. The molecule has 1 aliphatic carbocycles. The van der Waals surface area contributed by atoms with Crippen LogP contribution in [0, 0.1) is 11.8 Å². The molecule has 0 spiro atoms. The third-order valence-electron chi connectivity index (χ3n) is 4.78. The number of carbonyl (C=O) groups is 2. The lowest BCUT2D eigenvalue weighted by Gasteiger charge is -2.23. The van der Waals surface area contributed by atoms with E-state index < -0.39 is 6.04 Å². The Balaban J connectivity index is 1.60. The highest BCUT2D eigenvalue weighted by molar-refractivity contribution is 5.87. The standard InChI is InChI=1S/C19H27N3O4/c1-11(2)17(20)19(24)21-10-16(23)22-18(12-3-4-12)13-5-6-14-15(9-13)26-8-7-25-14/h5-6,9,11-12,17-18H,3-4,7-8,10,20H2,1-2H3,(H,21,24)(H,22,23)/t17-,18?/m0/s1. The summed E-state index contributed by atoms with van der Waals surface area (Å²) < 4.78 is 11.2. The van der Waals surface area contributed by atoms with Crippen LogP contribution in [0.4, 0.5) is 0 Å². The number of fused-ring (bicyclic) bond motifs is 1. The van der Waals surface area contributed by atoms with Crippen molar-refractivity contribution in [3.05, 3.63) is 23.8 Å². The molecule has 1 fully saturated rings. The van der Waals surface area contributed by atoms with Gasteiger partial charge in [-0.3, -0.25) is 9.59 Å². The first-order valence-electron chi connectivity index (χ1n) is 9.18. The van der Waals surface area contributed by atoms with Crippen molar-refractivity contribution in [1.82, 2.24) is 10.6 Å². The lowest BCUT2D eigenvalue weighted by atomic mass is 10.0. The van der Waals surface area contributed by atoms with Gasteiger partial charge in [-0.1, -0.05) is 19.9 Å². The lowest BCUT2D eigenvalue weighted by molar-refractivity contribution is -0.127. The summed E-state index contributed by atoms with van der Waals surface area (Å²) in [5.74, 6) is 1.35. The molecule has 0 saturated heterocycles. The third kappa shape index (κ3) is 4.46. The normalized spacial score (nSPS) is 18.2. The van der Waals surface area contributed by atoms with E-state index in [0.717, 1.165) is 24.2 Å². The molecule has 2 atom stereocenters. The van der Waals surface area contributed by atoms with E-state index in [1.165, 1.54) is 0 Å². The number of rotatable bonds is 7. The van der Waals surface area contributed by atoms with E-state index >= 15 is 0 Å². The second-order valence-electron chi connectivity index (χ2n) is 7.27. The predicted octanol–water partition coefficient (Wildman–Crippen LogP) is 1.12. The molecule has 1 aromatic carbocycles. The quantitative estimate of drug-likeness (QED) is 0.675. The Morgan fingerprint density at radius 3 is 2.54 bits per heavy atom. The minimum Gasteiger partial charge on any atom is -0.486 e. The highest BCUT2D eigenvalue weighted by Gasteiger charge is 2.34. The van der Waals surface area contributed by atoms with Crippen molar-refractivity contribution in [1.29, 1.82) is 0 Å². The summed E-state index contributed by atoms with van der Waals surface area (Å²) >= 11 is 0. The molecule has 7 heteroatoms. The smallest absolute Gasteiger partial charge is 0.239 e. The summed E-state index contributed by atoms with van der Waals surface area (Å²) in [5, 5.41) is 5.64.